The van der Waals surface area contributed by atoms with Crippen LogP contribution in [0.5, 0.6) is 5.75 Å². The predicted octanol–water partition coefficient (Wildman–Crippen LogP) is 2.38. The third-order valence-corrected chi connectivity index (χ3v) is 4.06. The average molecular weight is 352 g/mol. The molecule has 26 heavy (non-hydrogen) atoms. The Morgan fingerprint density at radius 2 is 1.77 bits per heavy atom. The van der Waals surface area contributed by atoms with E-state index in [1.807, 2.05) is 6.92 Å². The molecule has 0 heterocycles. The first-order valence-corrected chi connectivity index (χ1v) is 8.48. The van der Waals surface area contributed by atoms with Gasteiger partial charge in [0.05, 0.1) is 19.8 Å². The lowest BCUT2D eigenvalue weighted by Crippen LogP contribution is -2.46. The molecule has 3 rings (SSSR count). The fourth-order valence-corrected chi connectivity index (χ4v) is 2.89. The molecule has 2 N–H and O–H groups in total. The molecule has 0 spiro atoms. The van der Waals surface area contributed by atoms with Gasteiger partial charge in [-0.05, 0) is 31.2 Å². The number of Topliss-reactive ketones (excluding diaryl/α,β-unsaturated/α-hetero) is 2. The first kappa shape index (κ1) is 17.8. The summed E-state index contributed by atoms with van der Waals surface area (Å²) in [6.45, 7) is 2.34. The quantitative estimate of drug-likeness (QED) is 0.833. The lowest BCUT2D eigenvalue weighted by molar-refractivity contribution is 0.0954. The van der Waals surface area contributed by atoms with Crippen LogP contribution in [0.3, 0.4) is 0 Å². The molecule has 1 aliphatic carbocycles. The highest BCUT2D eigenvalue weighted by molar-refractivity contribution is 6.55. The van der Waals surface area contributed by atoms with Crippen molar-refractivity contribution in [1.29, 1.82) is 0 Å². The maximum Gasteiger partial charge on any atom is 0.210 e. The van der Waals surface area contributed by atoms with Crippen LogP contribution >= 0.6 is 0 Å². The fourth-order valence-electron chi connectivity index (χ4n) is 2.89. The molecule has 0 radical (unpaired) electrons. The van der Waals surface area contributed by atoms with Gasteiger partial charge in [0.15, 0.2) is 5.78 Å². The standard InChI is InChI=1S/C20H20N2O4/c1-2-26-14-9-7-13(8-10-14)22-18-17(21-11-12-23)19(24)15-5-3-4-6-16(15)20(18)25/h3-10,18,22-23H,2,11-12H2,1H3. The smallest absolute Gasteiger partial charge is 0.210 e. The van der Waals surface area contributed by atoms with Gasteiger partial charge in [0, 0.05) is 16.8 Å². The van der Waals surface area contributed by atoms with Crippen molar-refractivity contribution in [2.75, 3.05) is 25.1 Å². The molecule has 0 saturated carbocycles. The van der Waals surface area contributed by atoms with Gasteiger partial charge in [-0.2, -0.15) is 0 Å². The molecule has 0 amide bonds. The molecular weight excluding hydrogens is 332 g/mol. The average Bonchev–Trinajstić information content (AvgIpc) is 2.67. The van der Waals surface area contributed by atoms with Crippen molar-refractivity contribution in [3.05, 3.63) is 59.7 Å². The van der Waals surface area contributed by atoms with E-state index in [9.17, 15) is 9.59 Å². The molecule has 2 aromatic carbocycles. The Kier molecular flexibility index (Phi) is 5.43. The number of carbonyl (C=O) groups is 2. The second kappa shape index (κ2) is 7.93. The van der Waals surface area contributed by atoms with Gasteiger partial charge in [0.1, 0.15) is 17.5 Å². The van der Waals surface area contributed by atoms with Crippen molar-refractivity contribution in [2.45, 2.75) is 13.0 Å². The second-order valence-corrected chi connectivity index (χ2v) is 5.76. The summed E-state index contributed by atoms with van der Waals surface area (Å²) in [7, 11) is 0. The Balaban J connectivity index is 1.94. The first-order chi connectivity index (χ1) is 12.7. The highest BCUT2D eigenvalue weighted by Gasteiger charge is 2.38. The number of carbonyl (C=O) groups excluding carboxylic acids is 2. The molecule has 0 aromatic heterocycles. The number of rotatable bonds is 6. The van der Waals surface area contributed by atoms with Crippen LogP contribution in [0.15, 0.2) is 53.5 Å². The summed E-state index contributed by atoms with van der Waals surface area (Å²) in [4.78, 5) is 29.9. The van der Waals surface area contributed by atoms with Gasteiger partial charge in [0.25, 0.3) is 0 Å². The van der Waals surface area contributed by atoms with Gasteiger partial charge in [-0.15, -0.1) is 0 Å². The monoisotopic (exact) mass is 352 g/mol. The molecule has 134 valence electrons. The van der Waals surface area contributed by atoms with Gasteiger partial charge in [-0.3, -0.25) is 14.6 Å². The summed E-state index contributed by atoms with van der Waals surface area (Å²) in [6.07, 6.45) is 0. The number of ketones is 2. The van der Waals surface area contributed by atoms with Crippen LogP contribution in [0.1, 0.15) is 27.6 Å². The van der Waals surface area contributed by atoms with Crippen LogP contribution in [0, 0.1) is 0 Å². The van der Waals surface area contributed by atoms with E-state index in [-0.39, 0.29) is 30.4 Å². The topological polar surface area (TPSA) is 88.0 Å². The number of nitrogens with one attached hydrogen (secondary N) is 1. The van der Waals surface area contributed by atoms with Crippen LogP contribution < -0.4 is 10.1 Å². The zero-order valence-electron chi connectivity index (χ0n) is 14.4. The summed E-state index contributed by atoms with van der Waals surface area (Å²) >= 11 is 0. The highest BCUT2D eigenvalue weighted by Crippen LogP contribution is 2.24. The van der Waals surface area contributed by atoms with Crippen LogP contribution in [-0.2, 0) is 0 Å². The van der Waals surface area contributed by atoms with Crippen LogP contribution in [0.2, 0.25) is 0 Å². The van der Waals surface area contributed by atoms with Crippen molar-refractivity contribution in [1.82, 2.24) is 0 Å². The van der Waals surface area contributed by atoms with Crippen molar-refractivity contribution < 1.29 is 19.4 Å². The minimum Gasteiger partial charge on any atom is -0.494 e. The number of ether oxygens (including phenoxy) is 1. The van der Waals surface area contributed by atoms with Crippen LogP contribution in [0.25, 0.3) is 0 Å². The molecule has 6 heteroatoms. The maximum absolute atomic E-state index is 12.9. The van der Waals surface area contributed by atoms with Gasteiger partial charge in [-0.25, -0.2) is 0 Å². The SMILES string of the molecule is CCOc1ccc(NC2C(=O)c3ccccc3C(=O)C2=NCCO)cc1. The van der Waals surface area contributed by atoms with E-state index in [0.29, 0.717) is 23.4 Å². The van der Waals surface area contributed by atoms with Crippen LogP contribution in [-0.4, -0.2) is 48.2 Å². The van der Waals surface area contributed by atoms with E-state index >= 15 is 0 Å². The molecule has 0 aliphatic heterocycles. The lowest BCUT2D eigenvalue weighted by atomic mass is 9.84. The number of nitrogens with zero attached hydrogens (tertiary/aromatic N) is 1. The molecule has 0 bridgehead atoms. The molecular formula is C20H20N2O4. The number of anilines is 1. The summed E-state index contributed by atoms with van der Waals surface area (Å²) in [5.74, 6) is 0.214. The minimum atomic E-state index is -0.887. The predicted molar refractivity (Wildman–Crippen MR) is 99.5 cm³/mol. The first-order valence-electron chi connectivity index (χ1n) is 8.48. The number of aliphatic hydroxyl groups is 1. The third-order valence-electron chi connectivity index (χ3n) is 4.06. The largest absolute Gasteiger partial charge is 0.494 e. The van der Waals surface area contributed by atoms with Crippen molar-refractivity contribution in [2.24, 2.45) is 4.99 Å². The van der Waals surface area contributed by atoms with Gasteiger partial charge < -0.3 is 15.2 Å². The van der Waals surface area contributed by atoms with E-state index in [1.165, 1.54) is 0 Å². The summed E-state index contributed by atoms with van der Waals surface area (Å²) in [6, 6.07) is 13.0. The Bertz CT molecular complexity index is 843. The minimum absolute atomic E-state index is 0.0674. The Hall–Kier alpha value is -2.99. The molecule has 0 fully saturated rings. The Morgan fingerprint density at radius 3 is 2.42 bits per heavy atom. The number of hydrogen-bond donors (Lipinski definition) is 2. The molecule has 1 atom stereocenters. The molecule has 0 saturated heterocycles. The molecule has 1 unspecified atom stereocenters. The number of benzene rings is 2. The van der Waals surface area contributed by atoms with Gasteiger partial charge in [-0.1, -0.05) is 24.3 Å². The van der Waals surface area contributed by atoms with Crippen molar-refractivity contribution in [3.63, 3.8) is 0 Å². The lowest BCUT2D eigenvalue weighted by Gasteiger charge is -2.26. The second-order valence-electron chi connectivity index (χ2n) is 5.76. The van der Waals surface area contributed by atoms with E-state index < -0.39 is 6.04 Å². The highest BCUT2D eigenvalue weighted by atomic mass is 16.5. The van der Waals surface area contributed by atoms with Crippen molar-refractivity contribution >= 4 is 23.0 Å². The van der Waals surface area contributed by atoms with Gasteiger partial charge >= 0.3 is 0 Å². The van der Waals surface area contributed by atoms with Gasteiger partial charge in [0.2, 0.25) is 5.78 Å². The van der Waals surface area contributed by atoms with E-state index in [0.717, 1.165) is 5.75 Å². The number of hydrogen-bond acceptors (Lipinski definition) is 6. The molecule has 6 nitrogen and oxygen atoms in total. The summed E-state index contributed by atoms with van der Waals surface area (Å²) in [5.41, 5.74) is 1.52. The van der Waals surface area contributed by atoms with E-state index in [2.05, 4.69) is 10.3 Å². The summed E-state index contributed by atoms with van der Waals surface area (Å²) < 4.78 is 5.41. The third kappa shape index (κ3) is 3.50. The number of aliphatic hydroxyl groups excluding tert-OH is 1. The number of aliphatic imine (C=N–C) groups is 1. The zero-order valence-corrected chi connectivity index (χ0v) is 14.4. The van der Waals surface area contributed by atoms with E-state index in [1.54, 1.807) is 48.5 Å². The van der Waals surface area contributed by atoms with Crippen LogP contribution in [0.4, 0.5) is 5.69 Å². The maximum atomic E-state index is 12.9. The normalized spacial score (nSPS) is 17.9. The number of fused-ring (bicyclic) bond motifs is 1. The fraction of sp³-hybridized carbons (Fsp3) is 0.250. The van der Waals surface area contributed by atoms with E-state index in [4.69, 9.17) is 9.84 Å². The van der Waals surface area contributed by atoms with Crippen molar-refractivity contribution in [3.8, 4) is 5.75 Å². The molecule has 2 aromatic rings. The Morgan fingerprint density at radius 1 is 1.08 bits per heavy atom. The zero-order chi connectivity index (χ0) is 18.5. The molecule has 1 aliphatic rings. The summed E-state index contributed by atoms with van der Waals surface area (Å²) in [5, 5.41) is 12.2. The Labute approximate surface area is 151 Å².